The van der Waals surface area contributed by atoms with Crippen LogP contribution in [-0.2, 0) is 0 Å². The first-order chi connectivity index (χ1) is 9.76. The Morgan fingerprint density at radius 2 is 2.25 bits per heavy atom. The fourth-order valence-electron chi connectivity index (χ4n) is 2.52. The molecule has 110 valence electrons. The predicted molar refractivity (Wildman–Crippen MR) is 76.7 cm³/mol. The molecule has 0 aromatic carbocycles. The van der Waals surface area contributed by atoms with Gasteiger partial charge in [0.15, 0.2) is 11.5 Å². The summed E-state index contributed by atoms with van der Waals surface area (Å²) in [5.41, 5.74) is 0.325. The lowest BCUT2D eigenvalue weighted by Gasteiger charge is -2.29. The summed E-state index contributed by atoms with van der Waals surface area (Å²) in [6.45, 7) is 3.43. The second kappa shape index (κ2) is 7.19. The Morgan fingerprint density at radius 1 is 1.40 bits per heavy atom. The van der Waals surface area contributed by atoms with Gasteiger partial charge in [-0.3, -0.25) is 4.79 Å². The summed E-state index contributed by atoms with van der Waals surface area (Å²) in [7, 11) is 0. The van der Waals surface area contributed by atoms with E-state index in [1.807, 2.05) is 13.0 Å². The summed E-state index contributed by atoms with van der Waals surface area (Å²) in [5.74, 6) is 0.528. The standard InChI is InChI=1S/C14H22N4O2/c1-2-15-14(20)12-7-8-13(17-16-12)18-9-5-3-4-6-11(18)10-19/h7-8,11,19H,2-6,9-10H2,1H3,(H,15,20). The molecule has 1 unspecified atom stereocenters. The molecule has 1 saturated heterocycles. The molecule has 2 rings (SSSR count). The number of hydrogen-bond acceptors (Lipinski definition) is 5. The lowest BCUT2D eigenvalue weighted by Crippen LogP contribution is -2.38. The number of amides is 1. The van der Waals surface area contributed by atoms with E-state index in [0.717, 1.165) is 31.6 Å². The average Bonchev–Trinajstić information content (AvgIpc) is 2.72. The SMILES string of the molecule is CCNC(=O)c1ccc(N2CCCCCC2CO)nn1. The Labute approximate surface area is 119 Å². The molecule has 20 heavy (non-hydrogen) atoms. The Balaban J connectivity index is 2.13. The number of carbonyl (C=O) groups is 1. The van der Waals surface area contributed by atoms with Gasteiger partial charge in [0.1, 0.15) is 0 Å². The number of anilines is 1. The zero-order chi connectivity index (χ0) is 14.4. The van der Waals surface area contributed by atoms with E-state index in [-0.39, 0.29) is 18.6 Å². The summed E-state index contributed by atoms with van der Waals surface area (Å²) >= 11 is 0. The van der Waals surface area contributed by atoms with E-state index < -0.39 is 0 Å². The molecule has 2 heterocycles. The highest BCUT2D eigenvalue weighted by Gasteiger charge is 2.22. The first-order valence-electron chi connectivity index (χ1n) is 7.25. The molecule has 1 aliphatic heterocycles. The van der Waals surface area contributed by atoms with Crippen molar-refractivity contribution in [3.05, 3.63) is 17.8 Å². The van der Waals surface area contributed by atoms with Crippen LogP contribution in [0.4, 0.5) is 5.82 Å². The van der Waals surface area contributed by atoms with Crippen molar-refractivity contribution in [1.82, 2.24) is 15.5 Å². The Kier molecular flexibility index (Phi) is 5.29. The third kappa shape index (κ3) is 3.45. The van der Waals surface area contributed by atoms with Gasteiger partial charge in [0.2, 0.25) is 0 Å². The highest BCUT2D eigenvalue weighted by atomic mass is 16.3. The molecule has 0 bridgehead atoms. The van der Waals surface area contributed by atoms with Crippen LogP contribution in [0.25, 0.3) is 0 Å². The topological polar surface area (TPSA) is 78.4 Å². The third-order valence-corrected chi connectivity index (χ3v) is 3.60. The molecule has 0 aliphatic carbocycles. The minimum atomic E-state index is -0.207. The highest BCUT2D eigenvalue weighted by Crippen LogP contribution is 2.21. The molecule has 6 heteroatoms. The molecule has 1 atom stereocenters. The zero-order valence-corrected chi connectivity index (χ0v) is 11.9. The summed E-state index contributed by atoms with van der Waals surface area (Å²) in [6, 6.07) is 3.60. The van der Waals surface area contributed by atoms with Gasteiger partial charge in [-0.15, -0.1) is 10.2 Å². The number of hydrogen-bond donors (Lipinski definition) is 2. The number of nitrogens with zero attached hydrogens (tertiary/aromatic N) is 3. The van der Waals surface area contributed by atoms with Crippen molar-refractivity contribution in [2.75, 3.05) is 24.6 Å². The summed E-state index contributed by atoms with van der Waals surface area (Å²) < 4.78 is 0. The van der Waals surface area contributed by atoms with Gasteiger partial charge in [0.25, 0.3) is 5.91 Å². The Bertz CT molecular complexity index is 435. The van der Waals surface area contributed by atoms with Gasteiger partial charge in [0, 0.05) is 13.1 Å². The van der Waals surface area contributed by atoms with Crippen molar-refractivity contribution in [2.45, 2.75) is 38.6 Å². The van der Waals surface area contributed by atoms with Crippen LogP contribution in [0.5, 0.6) is 0 Å². The van der Waals surface area contributed by atoms with Crippen molar-refractivity contribution in [3.63, 3.8) is 0 Å². The summed E-state index contributed by atoms with van der Waals surface area (Å²) in [5, 5.41) is 20.3. The van der Waals surface area contributed by atoms with Gasteiger partial charge in [-0.1, -0.05) is 12.8 Å². The van der Waals surface area contributed by atoms with Crippen molar-refractivity contribution < 1.29 is 9.90 Å². The van der Waals surface area contributed by atoms with Crippen molar-refractivity contribution in [1.29, 1.82) is 0 Å². The first-order valence-corrected chi connectivity index (χ1v) is 7.25. The van der Waals surface area contributed by atoms with Gasteiger partial charge in [-0.25, -0.2) is 0 Å². The van der Waals surface area contributed by atoms with Gasteiger partial charge < -0.3 is 15.3 Å². The Hall–Kier alpha value is -1.69. The summed E-state index contributed by atoms with van der Waals surface area (Å²) in [6.07, 6.45) is 4.37. The van der Waals surface area contributed by atoms with Crippen LogP contribution in [0.15, 0.2) is 12.1 Å². The maximum atomic E-state index is 11.6. The van der Waals surface area contributed by atoms with Crippen LogP contribution in [0.2, 0.25) is 0 Å². The smallest absolute Gasteiger partial charge is 0.271 e. The van der Waals surface area contributed by atoms with E-state index in [0.29, 0.717) is 12.2 Å². The van der Waals surface area contributed by atoms with Crippen LogP contribution in [0.3, 0.4) is 0 Å². The molecule has 0 saturated carbocycles. The fourth-order valence-corrected chi connectivity index (χ4v) is 2.52. The van der Waals surface area contributed by atoms with Crippen LogP contribution in [-0.4, -0.2) is 46.9 Å². The van der Waals surface area contributed by atoms with Gasteiger partial charge in [-0.2, -0.15) is 0 Å². The number of rotatable bonds is 4. The van der Waals surface area contributed by atoms with Crippen LogP contribution < -0.4 is 10.2 Å². The lowest BCUT2D eigenvalue weighted by molar-refractivity contribution is 0.0950. The Morgan fingerprint density at radius 3 is 2.90 bits per heavy atom. The molecule has 2 N–H and O–H groups in total. The molecule has 1 fully saturated rings. The summed E-state index contributed by atoms with van der Waals surface area (Å²) in [4.78, 5) is 13.7. The zero-order valence-electron chi connectivity index (χ0n) is 11.9. The largest absolute Gasteiger partial charge is 0.394 e. The number of aliphatic hydroxyl groups is 1. The monoisotopic (exact) mass is 278 g/mol. The second-order valence-corrected chi connectivity index (χ2v) is 5.02. The number of carbonyl (C=O) groups excluding carboxylic acids is 1. The van der Waals surface area contributed by atoms with E-state index in [1.54, 1.807) is 6.07 Å². The molecule has 1 amide bonds. The molecule has 6 nitrogen and oxygen atoms in total. The van der Waals surface area contributed by atoms with E-state index in [9.17, 15) is 9.90 Å². The lowest BCUT2D eigenvalue weighted by atomic mass is 10.1. The average molecular weight is 278 g/mol. The van der Waals surface area contributed by atoms with Crippen LogP contribution in [0, 0.1) is 0 Å². The molecule has 1 aromatic rings. The molecule has 1 aromatic heterocycles. The normalized spacial score (nSPS) is 19.5. The molecule has 1 aliphatic rings. The minimum Gasteiger partial charge on any atom is -0.394 e. The van der Waals surface area contributed by atoms with E-state index in [2.05, 4.69) is 20.4 Å². The fraction of sp³-hybridized carbons (Fsp3) is 0.643. The quantitative estimate of drug-likeness (QED) is 0.858. The first kappa shape index (κ1) is 14.7. The number of nitrogens with one attached hydrogen (secondary N) is 1. The minimum absolute atomic E-state index is 0.0992. The molecular formula is C14H22N4O2. The third-order valence-electron chi connectivity index (χ3n) is 3.60. The highest BCUT2D eigenvalue weighted by molar-refractivity contribution is 5.92. The van der Waals surface area contributed by atoms with Crippen LogP contribution in [0.1, 0.15) is 43.1 Å². The second-order valence-electron chi connectivity index (χ2n) is 5.02. The maximum Gasteiger partial charge on any atom is 0.271 e. The van der Waals surface area contributed by atoms with Crippen LogP contribution >= 0.6 is 0 Å². The van der Waals surface area contributed by atoms with E-state index in [4.69, 9.17) is 0 Å². The van der Waals surface area contributed by atoms with Crippen molar-refractivity contribution in [2.24, 2.45) is 0 Å². The van der Waals surface area contributed by atoms with Gasteiger partial charge in [-0.05, 0) is 31.9 Å². The van der Waals surface area contributed by atoms with Crippen molar-refractivity contribution in [3.8, 4) is 0 Å². The molecule has 0 spiro atoms. The van der Waals surface area contributed by atoms with Gasteiger partial charge >= 0.3 is 0 Å². The molecule has 0 radical (unpaired) electrons. The maximum absolute atomic E-state index is 11.6. The van der Waals surface area contributed by atoms with Gasteiger partial charge in [0.05, 0.1) is 12.6 Å². The van der Waals surface area contributed by atoms with E-state index >= 15 is 0 Å². The number of aromatic nitrogens is 2. The van der Waals surface area contributed by atoms with Crippen molar-refractivity contribution >= 4 is 11.7 Å². The predicted octanol–water partition coefficient (Wildman–Crippen LogP) is 0.968. The molecular weight excluding hydrogens is 256 g/mol. The van der Waals surface area contributed by atoms with E-state index in [1.165, 1.54) is 6.42 Å². The number of aliphatic hydroxyl groups excluding tert-OH is 1.